The minimum atomic E-state index is -0.285. The fourth-order valence-electron chi connectivity index (χ4n) is 1.80. The molecule has 3 heteroatoms. The molecule has 0 spiro atoms. The lowest BCUT2D eigenvalue weighted by Gasteiger charge is -2.07. The third-order valence-electron chi connectivity index (χ3n) is 2.91. The van der Waals surface area contributed by atoms with Crippen LogP contribution in [0.3, 0.4) is 0 Å². The van der Waals surface area contributed by atoms with E-state index in [1.165, 1.54) is 0 Å². The normalized spacial score (nSPS) is 27.5. The van der Waals surface area contributed by atoms with Gasteiger partial charge in [0, 0.05) is 0 Å². The van der Waals surface area contributed by atoms with Crippen molar-refractivity contribution in [1.29, 1.82) is 0 Å². The molecule has 1 saturated heterocycles. The Morgan fingerprint density at radius 1 is 1.44 bits per heavy atom. The maximum Gasteiger partial charge on any atom is 0.338 e. The number of hydrogen-bond acceptors (Lipinski definition) is 3. The first-order chi connectivity index (χ1) is 7.65. The number of ether oxygens (including phenoxy) is 2. The molecule has 0 radical (unpaired) electrons. The number of carbonyl (C=O) groups is 1. The van der Waals surface area contributed by atoms with Gasteiger partial charge in [-0.15, -0.1) is 0 Å². The molecule has 0 aliphatic carbocycles. The Kier molecular flexibility index (Phi) is 2.97. The number of epoxide rings is 1. The number of hydrogen-bond donors (Lipinski definition) is 0. The molecule has 0 N–H and O–H groups in total. The van der Waals surface area contributed by atoms with Gasteiger partial charge in [0.1, 0.15) is 12.2 Å². The molecule has 2 atom stereocenters. The fraction of sp³-hybridized carbons (Fsp3) is 0.462. The third-order valence-corrected chi connectivity index (χ3v) is 2.91. The molecule has 0 bridgehead atoms. The Bertz CT molecular complexity index is 374. The molecule has 1 heterocycles. The molecule has 1 aliphatic rings. The largest absolute Gasteiger partial charge is 0.459 e. The predicted octanol–water partition coefficient (Wildman–Crippen LogP) is 2.41. The monoisotopic (exact) mass is 220 g/mol. The predicted molar refractivity (Wildman–Crippen MR) is 60.3 cm³/mol. The van der Waals surface area contributed by atoms with Crippen molar-refractivity contribution >= 4 is 5.97 Å². The van der Waals surface area contributed by atoms with Gasteiger partial charge in [-0.2, -0.15) is 0 Å². The molecule has 1 fully saturated rings. The van der Waals surface area contributed by atoms with E-state index < -0.39 is 0 Å². The highest BCUT2D eigenvalue weighted by molar-refractivity contribution is 5.89. The Balaban J connectivity index is 1.86. The van der Waals surface area contributed by atoms with E-state index in [0.717, 1.165) is 6.42 Å². The summed E-state index contributed by atoms with van der Waals surface area (Å²) < 4.78 is 10.7. The Morgan fingerprint density at radius 3 is 2.69 bits per heavy atom. The second-order valence-corrected chi connectivity index (χ2v) is 4.27. The minimum Gasteiger partial charge on any atom is -0.459 e. The molecule has 86 valence electrons. The van der Waals surface area contributed by atoms with Gasteiger partial charge in [-0.05, 0) is 25.5 Å². The summed E-state index contributed by atoms with van der Waals surface area (Å²) in [7, 11) is 0. The zero-order valence-electron chi connectivity index (χ0n) is 9.60. The standard InChI is InChI=1S/C13H16O3/c1-3-11-13(2,16-11)9-15-12(14)10-7-5-4-6-8-10/h4-8,11H,3,9H2,1-2H3/t11-,13-/m1/s1. The number of esters is 1. The average molecular weight is 220 g/mol. The van der Waals surface area contributed by atoms with Crippen LogP contribution in [0.25, 0.3) is 0 Å². The summed E-state index contributed by atoms with van der Waals surface area (Å²) >= 11 is 0. The highest BCUT2D eigenvalue weighted by Crippen LogP contribution is 2.38. The second-order valence-electron chi connectivity index (χ2n) is 4.27. The SMILES string of the molecule is CC[C@H]1O[C@]1(C)COC(=O)c1ccccc1. The van der Waals surface area contributed by atoms with Crippen LogP contribution in [0.5, 0.6) is 0 Å². The van der Waals surface area contributed by atoms with Crippen LogP contribution in [0.4, 0.5) is 0 Å². The first-order valence-corrected chi connectivity index (χ1v) is 5.56. The van der Waals surface area contributed by atoms with Crippen LogP contribution in [0, 0.1) is 0 Å². The first kappa shape index (κ1) is 11.1. The lowest BCUT2D eigenvalue weighted by atomic mass is 10.1. The van der Waals surface area contributed by atoms with Crippen molar-refractivity contribution in [1.82, 2.24) is 0 Å². The van der Waals surface area contributed by atoms with E-state index in [9.17, 15) is 4.79 Å². The Morgan fingerprint density at radius 2 is 2.12 bits per heavy atom. The molecular formula is C13H16O3. The van der Waals surface area contributed by atoms with Gasteiger partial charge < -0.3 is 9.47 Å². The third kappa shape index (κ3) is 2.25. The lowest BCUT2D eigenvalue weighted by Crippen LogP contribution is -2.21. The van der Waals surface area contributed by atoms with E-state index in [0.29, 0.717) is 12.2 Å². The van der Waals surface area contributed by atoms with Crippen LogP contribution < -0.4 is 0 Å². The summed E-state index contributed by atoms with van der Waals surface area (Å²) in [6.07, 6.45) is 1.19. The lowest BCUT2D eigenvalue weighted by molar-refractivity contribution is 0.0411. The van der Waals surface area contributed by atoms with Gasteiger partial charge in [-0.1, -0.05) is 25.1 Å². The summed E-state index contributed by atoms with van der Waals surface area (Å²) in [4.78, 5) is 11.6. The molecule has 0 unspecified atom stereocenters. The second kappa shape index (κ2) is 4.26. The van der Waals surface area contributed by atoms with Crippen LogP contribution in [0.15, 0.2) is 30.3 Å². The summed E-state index contributed by atoms with van der Waals surface area (Å²) in [5, 5.41) is 0. The number of benzene rings is 1. The van der Waals surface area contributed by atoms with Gasteiger partial charge in [-0.3, -0.25) is 0 Å². The molecule has 1 aromatic carbocycles. The molecule has 1 aromatic rings. The van der Waals surface area contributed by atoms with E-state index in [4.69, 9.17) is 9.47 Å². The zero-order valence-corrected chi connectivity index (χ0v) is 9.60. The van der Waals surface area contributed by atoms with E-state index in [1.54, 1.807) is 12.1 Å². The molecule has 2 rings (SSSR count). The van der Waals surface area contributed by atoms with Crippen molar-refractivity contribution in [2.75, 3.05) is 6.61 Å². The summed E-state index contributed by atoms with van der Waals surface area (Å²) in [5.41, 5.74) is 0.318. The van der Waals surface area contributed by atoms with Gasteiger partial charge >= 0.3 is 5.97 Å². The van der Waals surface area contributed by atoms with Gasteiger partial charge in [0.05, 0.1) is 11.7 Å². The van der Waals surface area contributed by atoms with Crippen LogP contribution >= 0.6 is 0 Å². The van der Waals surface area contributed by atoms with Crippen molar-refractivity contribution in [3.05, 3.63) is 35.9 Å². The molecule has 1 aliphatic heterocycles. The van der Waals surface area contributed by atoms with E-state index in [2.05, 4.69) is 6.92 Å². The summed E-state index contributed by atoms with van der Waals surface area (Å²) in [6, 6.07) is 9.00. The number of rotatable bonds is 4. The van der Waals surface area contributed by atoms with Gasteiger partial charge in [-0.25, -0.2) is 4.79 Å². The van der Waals surface area contributed by atoms with Gasteiger partial charge in [0.25, 0.3) is 0 Å². The van der Waals surface area contributed by atoms with Crippen LogP contribution in [0.1, 0.15) is 30.6 Å². The summed E-state index contributed by atoms with van der Waals surface area (Å²) in [5.74, 6) is -0.285. The van der Waals surface area contributed by atoms with Crippen molar-refractivity contribution in [2.24, 2.45) is 0 Å². The van der Waals surface area contributed by atoms with Crippen LogP contribution in [-0.4, -0.2) is 24.3 Å². The quantitative estimate of drug-likeness (QED) is 0.577. The highest BCUT2D eigenvalue weighted by atomic mass is 16.6. The topological polar surface area (TPSA) is 38.8 Å². The van der Waals surface area contributed by atoms with E-state index in [-0.39, 0.29) is 17.7 Å². The van der Waals surface area contributed by atoms with Crippen molar-refractivity contribution in [2.45, 2.75) is 32.0 Å². The van der Waals surface area contributed by atoms with E-state index in [1.807, 2.05) is 25.1 Å². The van der Waals surface area contributed by atoms with Gasteiger partial charge in [0.15, 0.2) is 0 Å². The van der Waals surface area contributed by atoms with Crippen LogP contribution in [0.2, 0.25) is 0 Å². The maximum absolute atomic E-state index is 11.6. The zero-order chi connectivity index (χ0) is 11.6. The molecule has 0 aromatic heterocycles. The van der Waals surface area contributed by atoms with Crippen molar-refractivity contribution < 1.29 is 14.3 Å². The van der Waals surface area contributed by atoms with Gasteiger partial charge in [0.2, 0.25) is 0 Å². The van der Waals surface area contributed by atoms with Crippen LogP contribution in [-0.2, 0) is 9.47 Å². The van der Waals surface area contributed by atoms with Crippen molar-refractivity contribution in [3.63, 3.8) is 0 Å². The maximum atomic E-state index is 11.6. The summed E-state index contributed by atoms with van der Waals surface area (Å²) in [6.45, 7) is 4.37. The molecule has 0 saturated carbocycles. The number of carbonyl (C=O) groups excluding carboxylic acids is 1. The Labute approximate surface area is 95.4 Å². The van der Waals surface area contributed by atoms with Crippen molar-refractivity contribution in [3.8, 4) is 0 Å². The smallest absolute Gasteiger partial charge is 0.338 e. The average Bonchev–Trinajstić information content (AvgIpc) is 2.99. The molecule has 0 amide bonds. The molecule has 3 nitrogen and oxygen atoms in total. The fourth-order valence-corrected chi connectivity index (χ4v) is 1.80. The first-order valence-electron chi connectivity index (χ1n) is 5.56. The molecule has 16 heavy (non-hydrogen) atoms. The minimum absolute atomic E-state index is 0.232. The van der Waals surface area contributed by atoms with E-state index >= 15 is 0 Å². The Hall–Kier alpha value is -1.35. The highest BCUT2D eigenvalue weighted by Gasteiger charge is 2.51. The molecular weight excluding hydrogens is 204 g/mol.